The molecule has 2 aromatic carbocycles. The summed E-state index contributed by atoms with van der Waals surface area (Å²) >= 11 is 0. The van der Waals surface area contributed by atoms with Crippen LogP contribution in [0.15, 0.2) is 48.5 Å². The molecule has 2 atom stereocenters. The van der Waals surface area contributed by atoms with Crippen LogP contribution in [0.25, 0.3) is 0 Å². The number of hydrogen-bond acceptors (Lipinski definition) is 7. The monoisotopic (exact) mass is 430 g/mol. The van der Waals surface area contributed by atoms with Crippen LogP contribution in [-0.4, -0.2) is 51.9 Å². The predicted molar refractivity (Wildman–Crippen MR) is 116 cm³/mol. The van der Waals surface area contributed by atoms with Crippen LogP contribution in [0, 0.1) is 0 Å². The van der Waals surface area contributed by atoms with Crippen LogP contribution in [0.1, 0.15) is 25.5 Å². The van der Waals surface area contributed by atoms with Crippen LogP contribution in [0.2, 0.25) is 0 Å². The molecule has 1 amide bonds. The quantitative estimate of drug-likeness (QED) is 0.529. The van der Waals surface area contributed by atoms with Gasteiger partial charge in [-0.2, -0.15) is 0 Å². The van der Waals surface area contributed by atoms with Gasteiger partial charge in [0.15, 0.2) is 0 Å². The summed E-state index contributed by atoms with van der Waals surface area (Å²) in [7, 11) is 4.43. The molecule has 0 heterocycles. The maximum absolute atomic E-state index is 12.6. The fraction of sp³-hybridized carbons (Fsp3) is 0.391. The van der Waals surface area contributed by atoms with Crippen LogP contribution >= 0.6 is 0 Å². The lowest BCUT2D eigenvalue weighted by Gasteiger charge is -2.28. The van der Waals surface area contributed by atoms with Gasteiger partial charge in [0.25, 0.3) is 0 Å². The van der Waals surface area contributed by atoms with Crippen molar-refractivity contribution in [3.63, 3.8) is 0 Å². The summed E-state index contributed by atoms with van der Waals surface area (Å²) in [5.41, 5.74) is -0.433. The van der Waals surface area contributed by atoms with Gasteiger partial charge in [-0.15, -0.1) is 0 Å². The topological polar surface area (TPSA) is 95.1 Å². The lowest BCUT2D eigenvalue weighted by molar-refractivity contribution is -0.149. The van der Waals surface area contributed by atoms with Gasteiger partial charge in [0.1, 0.15) is 29.4 Å². The molecule has 0 saturated carbocycles. The molecule has 2 unspecified atom stereocenters. The molecule has 2 N–H and O–H groups in total. The highest BCUT2D eigenvalue weighted by Gasteiger charge is 2.36. The lowest BCUT2D eigenvalue weighted by atomic mass is 10.0. The zero-order chi connectivity index (χ0) is 22.9. The highest BCUT2D eigenvalue weighted by Crippen LogP contribution is 2.29. The van der Waals surface area contributed by atoms with Gasteiger partial charge >= 0.3 is 5.97 Å². The third-order valence-corrected chi connectivity index (χ3v) is 4.83. The number of hydrogen-bond donors (Lipinski definition) is 2. The zero-order valence-corrected chi connectivity index (χ0v) is 18.6. The molecule has 8 nitrogen and oxygen atoms in total. The number of esters is 1. The second kappa shape index (κ2) is 11.2. The van der Waals surface area contributed by atoms with Crippen LogP contribution in [-0.2, 0) is 14.3 Å². The summed E-state index contributed by atoms with van der Waals surface area (Å²) < 4.78 is 21.2. The highest BCUT2D eigenvalue weighted by molar-refractivity contribution is 5.83. The number of amides is 1. The van der Waals surface area contributed by atoms with Crippen molar-refractivity contribution in [2.75, 3.05) is 34.5 Å². The molecule has 0 aromatic heterocycles. The lowest BCUT2D eigenvalue weighted by Crippen LogP contribution is -2.57. The Morgan fingerprint density at radius 3 is 2.32 bits per heavy atom. The van der Waals surface area contributed by atoms with Crippen LogP contribution < -0.4 is 24.8 Å². The van der Waals surface area contributed by atoms with Crippen LogP contribution in [0.5, 0.6) is 17.2 Å². The zero-order valence-electron chi connectivity index (χ0n) is 18.6. The first-order valence-electron chi connectivity index (χ1n) is 9.85. The molecule has 2 aromatic rings. The van der Waals surface area contributed by atoms with E-state index < -0.39 is 11.5 Å². The van der Waals surface area contributed by atoms with Gasteiger partial charge in [0, 0.05) is 5.56 Å². The SMILES string of the molecule is COC(=O)C(C)(COc1ccccc1)NCC(=O)NC(C)c1cc(OC)ccc1OC. The molecular formula is C23H30N2O6. The Bertz CT molecular complexity index is 874. The van der Waals surface area contributed by atoms with Gasteiger partial charge in [0.05, 0.1) is 33.9 Å². The summed E-state index contributed by atoms with van der Waals surface area (Å²) in [6, 6.07) is 14.1. The van der Waals surface area contributed by atoms with Crippen molar-refractivity contribution in [3.05, 3.63) is 54.1 Å². The molecule has 0 bridgehead atoms. The normalized spacial score (nSPS) is 13.5. The predicted octanol–water partition coefficient (Wildman–Crippen LogP) is 2.48. The van der Waals surface area contributed by atoms with Crippen molar-refractivity contribution in [2.24, 2.45) is 0 Å². The van der Waals surface area contributed by atoms with Crippen molar-refractivity contribution in [2.45, 2.75) is 25.4 Å². The van der Waals surface area contributed by atoms with Crippen molar-refractivity contribution in [1.29, 1.82) is 0 Å². The smallest absolute Gasteiger partial charge is 0.329 e. The number of benzene rings is 2. The van der Waals surface area contributed by atoms with E-state index in [1.165, 1.54) is 7.11 Å². The number of nitrogens with one attached hydrogen (secondary N) is 2. The minimum atomic E-state index is -1.21. The molecule has 0 aliphatic heterocycles. The van der Waals surface area contributed by atoms with E-state index in [4.69, 9.17) is 18.9 Å². The van der Waals surface area contributed by atoms with Gasteiger partial charge in [-0.05, 0) is 44.2 Å². The number of ether oxygens (including phenoxy) is 4. The van der Waals surface area contributed by atoms with Crippen LogP contribution in [0.3, 0.4) is 0 Å². The van der Waals surface area contributed by atoms with E-state index in [2.05, 4.69) is 10.6 Å². The Hall–Kier alpha value is -3.26. The van der Waals surface area contributed by atoms with E-state index in [9.17, 15) is 9.59 Å². The number of para-hydroxylation sites is 1. The van der Waals surface area contributed by atoms with E-state index >= 15 is 0 Å². The summed E-state index contributed by atoms with van der Waals surface area (Å²) in [4.78, 5) is 24.9. The summed E-state index contributed by atoms with van der Waals surface area (Å²) in [5.74, 6) is 1.08. The van der Waals surface area contributed by atoms with Crippen LogP contribution in [0.4, 0.5) is 0 Å². The molecule has 8 heteroatoms. The second-order valence-electron chi connectivity index (χ2n) is 7.18. The standard InChI is InChI=1S/C23H30N2O6/c1-16(19-13-18(28-3)11-12-20(19)29-4)25-21(26)14-24-23(2,22(27)30-5)15-31-17-9-7-6-8-10-17/h6-13,16,24H,14-15H2,1-5H3,(H,25,26). The van der Waals surface area contributed by atoms with E-state index in [1.807, 2.05) is 31.2 Å². The van der Waals surface area contributed by atoms with E-state index in [1.54, 1.807) is 45.4 Å². The molecule has 0 aliphatic carbocycles. The van der Waals surface area contributed by atoms with Gasteiger partial charge in [-0.25, -0.2) is 4.79 Å². The third-order valence-electron chi connectivity index (χ3n) is 4.83. The molecule has 0 fully saturated rings. The minimum absolute atomic E-state index is 0.00374. The average Bonchev–Trinajstić information content (AvgIpc) is 2.81. The Kier molecular flexibility index (Phi) is 8.69. The second-order valence-corrected chi connectivity index (χ2v) is 7.18. The molecule has 168 valence electrons. The number of carbonyl (C=O) groups excluding carboxylic acids is 2. The van der Waals surface area contributed by atoms with E-state index in [-0.39, 0.29) is 25.1 Å². The Balaban J connectivity index is 2.01. The first kappa shape index (κ1) is 24.0. The van der Waals surface area contributed by atoms with Gasteiger partial charge < -0.3 is 24.3 Å². The Labute approximate surface area is 182 Å². The fourth-order valence-electron chi connectivity index (χ4n) is 2.98. The molecule has 0 aliphatic rings. The molecular weight excluding hydrogens is 400 g/mol. The molecule has 0 spiro atoms. The molecule has 31 heavy (non-hydrogen) atoms. The van der Waals surface area contributed by atoms with Crippen molar-refractivity contribution in [3.8, 4) is 17.2 Å². The van der Waals surface area contributed by atoms with E-state index in [0.29, 0.717) is 17.2 Å². The Morgan fingerprint density at radius 1 is 1.00 bits per heavy atom. The van der Waals surface area contributed by atoms with E-state index in [0.717, 1.165) is 5.56 Å². The first-order valence-corrected chi connectivity index (χ1v) is 9.85. The number of methoxy groups -OCH3 is 3. The van der Waals surface area contributed by atoms with Crippen molar-refractivity contribution >= 4 is 11.9 Å². The number of carbonyl (C=O) groups is 2. The minimum Gasteiger partial charge on any atom is -0.497 e. The highest BCUT2D eigenvalue weighted by atomic mass is 16.5. The maximum atomic E-state index is 12.6. The first-order chi connectivity index (χ1) is 14.8. The van der Waals surface area contributed by atoms with Gasteiger partial charge in [-0.3, -0.25) is 10.1 Å². The molecule has 2 rings (SSSR count). The molecule has 0 saturated heterocycles. The summed E-state index contributed by atoms with van der Waals surface area (Å²) in [5, 5.41) is 5.85. The summed E-state index contributed by atoms with van der Waals surface area (Å²) in [6.07, 6.45) is 0. The largest absolute Gasteiger partial charge is 0.497 e. The Morgan fingerprint density at radius 2 is 1.71 bits per heavy atom. The fourth-order valence-corrected chi connectivity index (χ4v) is 2.98. The average molecular weight is 431 g/mol. The molecule has 0 radical (unpaired) electrons. The van der Waals surface area contributed by atoms with Gasteiger partial charge in [0.2, 0.25) is 5.91 Å². The van der Waals surface area contributed by atoms with Crippen molar-refractivity contribution in [1.82, 2.24) is 10.6 Å². The van der Waals surface area contributed by atoms with Crippen molar-refractivity contribution < 1.29 is 28.5 Å². The number of rotatable bonds is 11. The third kappa shape index (κ3) is 6.62. The summed E-state index contributed by atoms with van der Waals surface area (Å²) in [6.45, 7) is 3.35. The maximum Gasteiger partial charge on any atom is 0.329 e. The van der Waals surface area contributed by atoms with Gasteiger partial charge in [-0.1, -0.05) is 18.2 Å².